The SMILES string of the molecule is CC(=O)N(C)c1ccc2ccccc2c1. The summed E-state index contributed by atoms with van der Waals surface area (Å²) in [5.41, 5.74) is 0.932. The average Bonchev–Trinajstić information content (AvgIpc) is 2.27. The van der Waals surface area contributed by atoms with Crippen LogP contribution >= 0.6 is 0 Å². The van der Waals surface area contributed by atoms with Gasteiger partial charge in [-0.3, -0.25) is 4.79 Å². The molecule has 2 heteroatoms. The van der Waals surface area contributed by atoms with Crippen LogP contribution in [0.3, 0.4) is 0 Å². The Balaban J connectivity index is 2.51. The van der Waals surface area contributed by atoms with Crippen molar-refractivity contribution in [3.63, 3.8) is 0 Å². The molecule has 2 aromatic rings. The van der Waals surface area contributed by atoms with E-state index >= 15 is 0 Å². The molecule has 0 radical (unpaired) electrons. The van der Waals surface area contributed by atoms with Crippen LogP contribution < -0.4 is 4.90 Å². The van der Waals surface area contributed by atoms with Crippen LogP contribution in [-0.4, -0.2) is 13.0 Å². The molecular formula is C13H13NO. The summed E-state index contributed by atoms with van der Waals surface area (Å²) in [6.07, 6.45) is 0. The molecule has 0 unspecified atom stereocenters. The third kappa shape index (κ3) is 1.84. The Hall–Kier alpha value is -1.83. The summed E-state index contributed by atoms with van der Waals surface area (Å²) >= 11 is 0. The van der Waals surface area contributed by atoms with Crippen molar-refractivity contribution in [1.82, 2.24) is 0 Å². The first kappa shape index (κ1) is 9.71. The van der Waals surface area contributed by atoms with Crippen LogP contribution in [0.25, 0.3) is 10.8 Å². The summed E-state index contributed by atoms with van der Waals surface area (Å²) in [7, 11) is 1.78. The predicted molar refractivity (Wildman–Crippen MR) is 63.0 cm³/mol. The number of rotatable bonds is 1. The molecule has 0 fully saturated rings. The van der Waals surface area contributed by atoms with E-state index in [0.29, 0.717) is 0 Å². The van der Waals surface area contributed by atoms with Crippen molar-refractivity contribution < 1.29 is 4.79 Å². The molecule has 0 saturated heterocycles. The molecule has 2 nitrogen and oxygen atoms in total. The highest BCUT2D eigenvalue weighted by atomic mass is 16.2. The molecule has 0 bridgehead atoms. The first-order valence-corrected chi connectivity index (χ1v) is 4.91. The van der Waals surface area contributed by atoms with Gasteiger partial charge < -0.3 is 4.90 Å². The molecule has 2 aromatic carbocycles. The Kier molecular flexibility index (Phi) is 2.42. The van der Waals surface area contributed by atoms with Crippen LogP contribution in [0.1, 0.15) is 6.92 Å². The van der Waals surface area contributed by atoms with E-state index < -0.39 is 0 Å². The first-order valence-electron chi connectivity index (χ1n) is 4.91. The fraction of sp³-hybridized carbons (Fsp3) is 0.154. The van der Waals surface area contributed by atoms with Gasteiger partial charge in [-0.15, -0.1) is 0 Å². The van der Waals surface area contributed by atoms with Crippen molar-refractivity contribution in [2.75, 3.05) is 11.9 Å². The number of amides is 1. The summed E-state index contributed by atoms with van der Waals surface area (Å²) in [5, 5.41) is 2.35. The van der Waals surface area contributed by atoms with Crippen LogP contribution in [0.5, 0.6) is 0 Å². The quantitative estimate of drug-likeness (QED) is 0.691. The van der Waals surface area contributed by atoms with Crippen molar-refractivity contribution in [2.24, 2.45) is 0 Å². The van der Waals surface area contributed by atoms with Gasteiger partial charge in [0.05, 0.1) is 0 Å². The molecule has 0 spiro atoms. The van der Waals surface area contributed by atoms with Gasteiger partial charge in [0.2, 0.25) is 5.91 Å². The van der Waals surface area contributed by atoms with Gasteiger partial charge in [0, 0.05) is 19.7 Å². The number of hydrogen-bond acceptors (Lipinski definition) is 1. The van der Waals surface area contributed by atoms with Gasteiger partial charge in [0.15, 0.2) is 0 Å². The van der Waals surface area contributed by atoms with Gasteiger partial charge >= 0.3 is 0 Å². The molecule has 0 atom stereocenters. The molecule has 76 valence electrons. The van der Waals surface area contributed by atoms with Crippen LogP contribution in [-0.2, 0) is 4.79 Å². The largest absolute Gasteiger partial charge is 0.316 e. The Bertz CT molecular complexity index is 505. The molecule has 0 N–H and O–H groups in total. The molecule has 0 heterocycles. The average molecular weight is 199 g/mol. The Morgan fingerprint density at radius 2 is 1.73 bits per heavy atom. The summed E-state index contributed by atoms with van der Waals surface area (Å²) in [5.74, 6) is 0.0466. The lowest BCUT2D eigenvalue weighted by Crippen LogP contribution is -2.22. The lowest BCUT2D eigenvalue weighted by Gasteiger charge is -2.15. The Morgan fingerprint density at radius 3 is 2.40 bits per heavy atom. The summed E-state index contributed by atoms with van der Waals surface area (Å²) in [6.45, 7) is 1.56. The number of carbonyl (C=O) groups excluding carboxylic acids is 1. The Morgan fingerprint density at radius 1 is 1.07 bits per heavy atom. The standard InChI is InChI=1S/C13H13NO/c1-10(15)14(2)13-8-7-11-5-3-4-6-12(11)9-13/h3-9H,1-2H3. The second-order valence-electron chi connectivity index (χ2n) is 3.61. The monoisotopic (exact) mass is 199 g/mol. The van der Waals surface area contributed by atoms with Gasteiger partial charge in [-0.1, -0.05) is 30.3 Å². The maximum atomic E-state index is 11.2. The lowest BCUT2D eigenvalue weighted by molar-refractivity contribution is -0.116. The molecule has 2 rings (SSSR count). The van der Waals surface area contributed by atoms with E-state index in [0.717, 1.165) is 11.1 Å². The van der Waals surface area contributed by atoms with Crippen LogP contribution in [0, 0.1) is 0 Å². The summed E-state index contributed by atoms with van der Waals surface area (Å²) in [6, 6.07) is 14.1. The maximum absolute atomic E-state index is 11.2. The zero-order valence-electron chi connectivity index (χ0n) is 8.90. The zero-order valence-corrected chi connectivity index (χ0v) is 8.90. The number of nitrogens with zero attached hydrogens (tertiary/aromatic N) is 1. The second-order valence-corrected chi connectivity index (χ2v) is 3.61. The summed E-state index contributed by atoms with van der Waals surface area (Å²) < 4.78 is 0. The fourth-order valence-corrected chi connectivity index (χ4v) is 1.57. The maximum Gasteiger partial charge on any atom is 0.223 e. The highest BCUT2D eigenvalue weighted by Crippen LogP contribution is 2.21. The van der Waals surface area contributed by atoms with E-state index in [9.17, 15) is 4.79 Å². The Labute approximate surface area is 89.1 Å². The van der Waals surface area contributed by atoms with Crippen LogP contribution in [0.2, 0.25) is 0 Å². The highest BCUT2D eigenvalue weighted by Gasteiger charge is 2.05. The fourth-order valence-electron chi connectivity index (χ4n) is 1.57. The number of benzene rings is 2. The normalized spacial score (nSPS) is 10.3. The van der Waals surface area contributed by atoms with E-state index in [1.54, 1.807) is 18.9 Å². The minimum atomic E-state index is 0.0466. The van der Waals surface area contributed by atoms with Gasteiger partial charge in [-0.25, -0.2) is 0 Å². The lowest BCUT2D eigenvalue weighted by atomic mass is 10.1. The predicted octanol–water partition coefficient (Wildman–Crippen LogP) is 2.82. The topological polar surface area (TPSA) is 20.3 Å². The molecule has 0 aliphatic carbocycles. The molecule has 15 heavy (non-hydrogen) atoms. The number of anilines is 1. The van der Waals surface area contributed by atoms with Gasteiger partial charge in [-0.05, 0) is 22.9 Å². The number of carbonyl (C=O) groups is 1. The van der Waals surface area contributed by atoms with Crippen molar-refractivity contribution in [1.29, 1.82) is 0 Å². The van der Waals surface area contributed by atoms with E-state index in [1.165, 1.54) is 5.39 Å². The smallest absolute Gasteiger partial charge is 0.223 e. The van der Waals surface area contributed by atoms with E-state index in [4.69, 9.17) is 0 Å². The van der Waals surface area contributed by atoms with Crippen molar-refractivity contribution >= 4 is 22.4 Å². The molecule has 0 aliphatic rings. The third-order valence-corrected chi connectivity index (χ3v) is 2.59. The molecular weight excluding hydrogens is 186 g/mol. The van der Waals surface area contributed by atoms with E-state index in [2.05, 4.69) is 6.07 Å². The highest BCUT2D eigenvalue weighted by molar-refractivity contribution is 5.94. The van der Waals surface area contributed by atoms with Crippen LogP contribution in [0.4, 0.5) is 5.69 Å². The number of hydrogen-bond donors (Lipinski definition) is 0. The van der Waals surface area contributed by atoms with Gasteiger partial charge in [-0.2, -0.15) is 0 Å². The van der Waals surface area contributed by atoms with Crippen molar-refractivity contribution in [3.05, 3.63) is 42.5 Å². The molecule has 1 amide bonds. The van der Waals surface area contributed by atoms with Crippen molar-refractivity contribution in [2.45, 2.75) is 6.92 Å². The zero-order chi connectivity index (χ0) is 10.8. The second kappa shape index (κ2) is 3.73. The van der Waals surface area contributed by atoms with Crippen LogP contribution in [0.15, 0.2) is 42.5 Å². The minimum Gasteiger partial charge on any atom is -0.316 e. The van der Waals surface area contributed by atoms with Crippen molar-refractivity contribution in [3.8, 4) is 0 Å². The number of fused-ring (bicyclic) bond motifs is 1. The van der Waals surface area contributed by atoms with E-state index in [1.807, 2.05) is 36.4 Å². The molecule has 0 aliphatic heterocycles. The van der Waals surface area contributed by atoms with E-state index in [-0.39, 0.29) is 5.91 Å². The summed E-state index contributed by atoms with van der Waals surface area (Å²) in [4.78, 5) is 12.9. The third-order valence-electron chi connectivity index (χ3n) is 2.59. The first-order chi connectivity index (χ1) is 7.18. The minimum absolute atomic E-state index is 0.0466. The van der Waals surface area contributed by atoms with Gasteiger partial charge in [0.1, 0.15) is 0 Å². The molecule has 0 saturated carbocycles. The van der Waals surface area contributed by atoms with Gasteiger partial charge in [0.25, 0.3) is 0 Å². The molecule has 0 aromatic heterocycles.